The first-order valence-electron chi connectivity index (χ1n) is 9.01. The molecule has 0 saturated carbocycles. The zero-order valence-electron chi connectivity index (χ0n) is 16.1. The van der Waals surface area contributed by atoms with Gasteiger partial charge in [-0.3, -0.25) is 0 Å². The van der Waals surface area contributed by atoms with Crippen LogP contribution in [0.2, 0.25) is 0 Å². The molecule has 2 heteroatoms. The number of allylic oxidation sites excluding steroid dienone is 1. The molecule has 0 bridgehead atoms. The molecule has 0 radical (unpaired) electrons. The van der Waals surface area contributed by atoms with Crippen LogP contribution < -0.4 is 0 Å². The summed E-state index contributed by atoms with van der Waals surface area (Å²) in [5.41, 5.74) is 2.15. The fourth-order valence-electron chi connectivity index (χ4n) is 3.48. The minimum Gasteiger partial charge on any atom is -0.243 e. The third-order valence-corrected chi connectivity index (χ3v) is 5.69. The lowest BCUT2D eigenvalue weighted by molar-refractivity contribution is 0.145. The molecule has 3 unspecified atom stereocenters. The second kappa shape index (κ2) is 8.47. The summed E-state index contributed by atoms with van der Waals surface area (Å²) >= 11 is 0. The van der Waals surface area contributed by atoms with Gasteiger partial charge in [-0.05, 0) is 48.1 Å². The highest BCUT2D eigenvalue weighted by atomic mass is 19.1. The maximum Gasteiger partial charge on any atom is 0.124 e. The van der Waals surface area contributed by atoms with E-state index in [9.17, 15) is 9.65 Å². The van der Waals surface area contributed by atoms with Gasteiger partial charge in [0, 0.05) is 5.56 Å². The van der Waals surface area contributed by atoms with Crippen LogP contribution in [0.1, 0.15) is 83.2 Å². The highest BCUT2D eigenvalue weighted by molar-refractivity contribution is 5.43. The number of hydrogen-bond acceptors (Lipinski definition) is 1. The van der Waals surface area contributed by atoms with Gasteiger partial charge in [-0.25, -0.2) is 4.39 Å². The lowest BCUT2D eigenvalue weighted by atomic mass is 9.63. The molecule has 0 amide bonds. The van der Waals surface area contributed by atoms with Gasteiger partial charge in [0.05, 0.1) is 11.6 Å². The summed E-state index contributed by atoms with van der Waals surface area (Å²) in [6.45, 7) is 16.8. The van der Waals surface area contributed by atoms with Crippen molar-refractivity contribution in [3.63, 3.8) is 0 Å². The second-order valence-electron chi connectivity index (χ2n) is 7.71. The molecule has 0 aromatic heterocycles. The van der Waals surface area contributed by atoms with E-state index in [-0.39, 0.29) is 5.41 Å². The van der Waals surface area contributed by atoms with Crippen molar-refractivity contribution in [2.75, 3.05) is 0 Å². The molecule has 1 aromatic carbocycles. The Morgan fingerprint density at radius 3 is 2.33 bits per heavy atom. The number of nitriles is 1. The fourth-order valence-corrected chi connectivity index (χ4v) is 3.48. The summed E-state index contributed by atoms with van der Waals surface area (Å²) in [6, 6.07) is 7.84. The van der Waals surface area contributed by atoms with E-state index in [2.05, 4.69) is 53.3 Å². The van der Waals surface area contributed by atoms with Gasteiger partial charge in [-0.2, -0.15) is 5.26 Å². The van der Waals surface area contributed by atoms with Crippen molar-refractivity contribution in [1.82, 2.24) is 0 Å². The Kier molecular flexibility index (Phi) is 7.21. The van der Waals surface area contributed by atoms with Crippen LogP contribution in [0.5, 0.6) is 0 Å². The maximum absolute atomic E-state index is 13.7. The molecule has 0 spiro atoms. The van der Waals surface area contributed by atoms with Gasteiger partial charge >= 0.3 is 0 Å². The predicted molar refractivity (Wildman–Crippen MR) is 101 cm³/mol. The number of alkyl halides is 1. The highest BCUT2D eigenvalue weighted by Gasteiger charge is 2.36. The average molecular weight is 330 g/mol. The number of benzene rings is 1. The molecular formula is C22H32FN. The molecular weight excluding hydrogens is 297 g/mol. The van der Waals surface area contributed by atoms with Gasteiger partial charge in [0.1, 0.15) is 6.17 Å². The molecule has 0 aliphatic carbocycles. The standard InChI is InChI=1S/C22H32FN/c1-8-10-20(21(9-2)22(6,7)15(3)4)17-11-12-19(16(5)23)18(13-17)14-24/h9,11-13,15-16,20-21H,2,8,10H2,1,3-7H3. The van der Waals surface area contributed by atoms with Crippen molar-refractivity contribution in [3.8, 4) is 6.07 Å². The minimum absolute atomic E-state index is 0.0977. The van der Waals surface area contributed by atoms with Crippen molar-refractivity contribution < 1.29 is 4.39 Å². The molecule has 0 heterocycles. The van der Waals surface area contributed by atoms with Crippen molar-refractivity contribution in [2.45, 2.75) is 66.5 Å². The third kappa shape index (κ3) is 4.26. The molecule has 0 aliphatic rings. The number of nitrogens with zero attached hydrogens (tertiary/aromatic N) is 1. The Morgan fingerprint density at radius 1 is 1.29 bits per heavy atom. The van der Waals surface area contributed by atoms with Crippen molar-refractivity contribution in [2.24, 2.45) is 17.3 Å². The summed E-state index contributed by atoms with van der Waals surface area (Å²) in [6.07, 6.45) is 3.03. The Bertz CT molecular complexity index is 592. The average Bonchev–Trinajstić information content (AvgIpc) is 2.53. The molecule has 1 nitrogen and oxygen atoms in total. The molecule has 3 atom stereocenters. The fraction of sp³-hybridized carbons (Fsp3) is 0.591. The van der Waals surface area contributed by atoms with Gasteiger partial charge in [-0.1, -0.05) is 59.2 Å². The van der Waals surface area contributed by atoms with Gasteiger partial charge in [0.15, 0.2) is 0 Å². The topological polar surface area (TPSA) is 23.8 Å². The van der Waals surface area contributed by atoms with Crippen LogP contribution in [-0.4, -0.2) is 0 Å². The van der Waals surface area contributed by atoms with E-state index < -0.39 is 6.17 Å². The molecule has 0 saturated heterocycles. The highest BCUT2D eigenvalue weighted by Crippen LogP contribution is 2.46. The van der Waals surface area contributed by atoms with Crippen LogP contribution in [0.15, 0.2) is 30.9 Å². The lowest BCUT2D eigenvalue weighted by Crippen LogP contribution is -2.32. The van der Waals surface area contributed by atoms with Crippen LogP contribution in [0.25, 0.3) is 0 Å². The Labute approximate surface area is 147 Å². The van der Waals surface area contributed by atoms with E-state index in [1.54, 1.807) is 6.07 Å². The minimum atomic E-state index is -1.12. The molecule has 1 rings (SSSR count). The lowest BCUT2D eigenvalue weighted by Gasteiger charge is -2.41. The summed E-state index contributed by atoms with van der Waals surface area (Å²) in [5.74, 6) is 1.11. The molecule has 132 valence electrons. The van der Waals surface area contributed by atoms with E-state index in [1.165, 1.54) is 6.92 Å². The molecule has 1 aromatic rings. The molecule has 0 aliphatic heterocycles. The summed E-state index contributed by atoms with van der Waals surface area (Å²) < 4.78 is 13.7. The monoisotopic (exact) mass is 329 g/mol. The first-order chi connectivity index (χ1) is 11.2. The number of halogens is 1. The molecule has 0 N–H and O–H groups in total. The third-order valence-electron chi connectivity index (χ3n) is 5.69. The Balaban J connectivity index is 3.39. The van der Waals surface area contributed by atoms with Crippen LogP contribution in [0.3, 0.4) is 0 Å². The van der Waals surface area contributed by atoms with Gasteiger partial charge in [0.25, 0.3) is 0 Å². The maximum atomic E-state index is 13.7. The Morgan fingerprint density at radius 2 is 1.92 bits per heavy atom. The van der Waals surface area contributed by atoms with Crippen LogP contribution >= 0.6 is 0 Å². The first-order valence-corrected chi connectivity index (χ1v) is 9.01. The van der Waals surface area contributed by atoms with E-state index in [0.717, 1.165) is 18.4 Å². The SMILES string of the molecule is C=CC(C(CCC)c1ccc(C(C)F)c(C#N)c1)C(C)(C)C(C)C. The molecule has 0 fully saturated rings. The van der Waals surface area contributed by atoms with Crippen LogP contribution in [0.4, 0.5) is 4.39 Å². The van der Waals surface area contributed by atoms with E-state index in [4.69, 9.17) is 0 Å². The van der Waals surface area contributed by atoms with E-state index in [1.807, 2.05) is 12.1 Å². The van der Waals surface area contributed by atoms with E-state index >= 15 is 0 Å². The summed E-state index contributed by atoms with van der Waals surface area (Å²) in [4.78, 5) is 0. The summed E-state index contributed by atoms with van der Waals surface area (Å²) in [7, 11) is 0. The second-order valence-corrected chi connectivity index (χ2v) is 7.71. The van der Waals surface area contributed by atoms with Crippen LogP contribution in [-0.2, 0) is 0 Å². The van der Waals surface area contributed by atoms with Crippen molar-refractivity contribution in [1.29, 1.82) is 5.26 Å². The van der Waals surface area contributed by atoms with E-state index in [0.29, 0.717) is 28.9 Å². The quantitative estimate of drug-likeness (QED) is 0.473. The zero-order chi connectivity index (χ0) is 18.5. The number of rotatable bonds is 8. The largest absolute Gasteiger partial charge is 0.243 e. The smallest absolute Gasteiger partial charge is 0.124 e. The van der Waals surface area contributed by atoms with Crippen molar-refractivity contribution >= 4 is 0 Å². The van der Waals surface area contributed by atoms with Gasteiger partial charge in [-0.15, -0.1) is 6.58 Å². The van der Waals surface area contributed by atoms with Crippen LogP contribution in [0, 0.1) is 28.6 Å². The summed E-state index contributed by atoms with van der Waals surface area (Å²) in [5, 5.41) is 9.41. The van der Waals surface area contributed by atoms with Gasteiger partial charge in [0.2, 0.25) is 0 Å². The Hall–Kier alpha value is -1.62. The molecule has 24 heavy (non-hydrogen) atoms. The zero-order valence-corrected chi connectivity index (χ0v) is 16.1. The van der Waals surface area contributed by atoms with Gasteiger partial charge < -0.3 is 0 Å². The first kappa shape index (κ1) is 20.4. The normalized spacial score (nSPS) is 15.6. The predicted octanol–water partition coefficient (Wildman–Crippen LogP) is 6.96. The van der Waals surface area contributed by atoms with Crippen molar-refractivity contribution in [3.05, 3.63) is 47.5 Å². The number of hydrogen-bond donors (Lipinski definition) is 0.